The molecule has 0 atom stereocenters. The van der Waals surface area contributed by atoms with Crippen LogP contribution in [0.15, 0.2) is 10.5 Å². The number of aliphatic hydroxyl groups is 1. The number of aliphatic hydroxyl groups excluding tert-OH is 1. The zero-order valence-electron chi connectivity index (χ0n) is 7.47. The standard InChI is InChI=1S/C9H11BrO3/c1-5-6(4-11)9(12)8(13-2)3-7(5)10/h3,11-12H,4H2,1-2H3. The van der Waals surface area contributed by atoms with Gasteiger partial charge < -0.3 is 14.9 Å². The van der Waals surface area contributed by atoms with E-state index in [1.807, 2.05) is 6.92 Å². The van der Waals surface area contributed by atoms with Gasteiger partial charge in [0.1, 0.15) is 0 Å². The zero-order valence-corrected chi connectivity index (χ0v) is 9.05. The van der Waals surface area contributed by atoms with Gasteiger partial charge in [0.25, 0.3) is 0 Å². The molecule has 4 heteroatoms. The molecular formula is C9H11BrO3. The van der Waals surface area contributed by atoms with Gasteiger partial charge in [0.15, 0.2) is 11.5 Å². The molecule has 2 N–H and O–H groups in total. The van der Waals surface area contributed by atoms with E-state index >= 15 is 0 Å². The average Bonchev–Trinajstić information content (AvgIpc) is 2.12. The number of hydrogen-bond donors (Lipinski definition) is 2. The number of benzene rings is 1. The van der Waals surface area contributed by atoms with Gasteiger partial charge in [-0.05, 0) is 18.6 Å². The van der Waals surface area contributed by atoms with Gasteiger partial charge in [-0.25, -0.2) is 0 Å². The van der Waals surface area contributed by atoms with E-state index < -0.39 is 0 Å². The molecule has 3 nitrogen and oxygen atoms in total. The Morgan fingerprint density at radius 2 is 2.15 bits per heavy atom. The summed E-state index contributed by atoms with van der Waals surface area (Å²) in [4.78, 5) is 0. The minimum atomic E-state index is -0.201. The summed E-state index contributed by atoms with van der Waals surface area (Å²) in [6.07, 6.45) is 0. The van der Waals surface area contributed by atoms with Gasteiger partial charge in [0.2, 0.25) is 0 Å². The predicted molar refractivity (Wildman–Crippen MR) is 53.0 cm³/mol. The number of methoxy groups -OCH3 is 1. The van der Waals surface area contributed by atoms with E-state index in [0.29, 0.717) is 11.3 Å². The highest BCUT2D eigenvalue weighted by atomic mass is 79.9. The fraction of sp³-hybridized carbons (Fsp3) is 0.333. The van der Waals surface area contributed by atoms with Crippen LogP contribution in [0.5, 0.6) is 11.5 Å². The molecule has 1 aromatic rings. The number of ether oxygens (including phenoxy) is 1. The first-order chi connectivity index (χ1) is 6.11. The van der Waals surface area contributed by atoms with Crippen LogP contribution >= 0.6 is 15.9 Å². The van der Waals surface area contributed by atoms with Crippen LogP contribution in [-0.2, 0) is 6.61 Å². The lowest BCUT2D eigenvalue weighted by atomic mass is 10.1. The molecule has 0 aliphatic rings. The molecule has 0 radical (unpaired) electrons. The van der Waals surface area contributed by atoms with Crippen molar-refractivity contribution in [2.45, 2.75) is 13.5 Å². The third-order valence-corrected chi connectivity index (χ3v) is 2.79. The maximum atomic E-state index is 9.59. The molecule has 0 fully saturated rings. The zero-order chi connectivity index (χ0) is 10.0. The van der Waals surface area contributed by atoms with Crippen molar-refractivity contribution in [2.75, 3.05) is 7.11 Å². The van der Waals surface area contributed by atoms with E-state index in [2.05, 4.69) is 15.9 Å². The van der Waals surface area contributed by atoms with Gasteiger partial charge in [0.05, 0.1) is 13.7 Å². The van der Waals surface area contributed by atoms with Gasteiger partial charge in [-0.15, -0.1) is 0 Å². The molecule has 0 amide bonds. The molecule has 13 heavy (non-hydrogen) atoms. The van der Waals surface area contributed by atoms with Crippen LogP contribution in [0.4, 0.5) is 0 Å². The number of aromatic hydroxyl groups is 1. The molecule has 0 aliphatic heterocycles. The number of halogens is 1. The summed E-state index contributed by atoms with van der Waals surface area (Å²) < 4.78 is 5.74. The summed E-state index contributed by atoms with van der Waals surface area (Å²) in [5, 5.41) is 18.6. The first kappa shape index (κ1) is 10.3. The lowest BCUT2D eigenvalue weighted by Gasteiger charge is -2.11. The highest BCUT2D eigenvalue weighted by Gasteiger charge is 2.12. The van der Waals surface area contributed by atoms with Crippen molar-refractivity contribution in [3.63, 3.8) is 0 Å². The Morgan fingerprint density at radius 1 is 1.54 bits per heavy atom. The molecule has 72 valence electrons. The van der Waals surface area contributed by atoms with Crippen LogP contribution in [0.3, 0.4) is 0 Å². The van der Waals surface area contributed by atoms with Crippen LogP contribution in [0.2, 0.25) is 0 Å². The van der Waals surface area contributed by atoms with Crippen molar-refractivity contribution in [1.29, 1.82) is 0 Å². The van der Waals surface area contributed by atoms with E-state index in [0.717, 1.165) is 10.0 Å². The van der Waals surface area contributed by atoms with Gasteiger partial charge in [-0.1, -0.05) is 15.9 Å². The summed E-state index contributed by atoms with van der Waals surface area (Å²) in [5.41, 5.74) is 1.31. The topological polar surface area (TPSA) is 49.7 Å². The smallest absolute Gasteiger partial charge is 0.163 e. The molecule has 0 saturated carbocycles. The van der Waals surface area contributed by atoms with E-state index in [9.17, 15) is 5.11 Å². The van der Waals surface area contributed by atoms with Crippen molar-refractivity contribution in [3.05, 3.63) is 21.7 Å². The average molecular weight is 247 g/mol. The first-order valence-electron chi connectivity index (χ1n) is 3.77. The second kappa shape index (κ2) is 3.98. The third-order valence-electron chi connectivity index (χ3n) is 1.97. The summed E-state index contributed by atoms with van der Waals surface area (Å²) in [6.45, 7) is 1.61. The van der Waals surface area contributed by atoms with Crippen LogP contribution in [0.25, 0.3) is 0 Å². The van der Waals surface area contributed by atoms with Gasteiger partial charge >= 0.3 is 0 Å². The maximum Gasteiger partial charge on any atom is 0.163 e. The van der Waals surface area contributed by atoms with E-state index in [-0.39, 0.29) is 12.4 Å². The second-order valence-corrected chi connectivity index (χ2v) is 3.53. The summed E-state index contributed by atoms with van der Waals surface area (Å²) in [6, 6.07) is 1.67. The quantitative estimate of drug-likeness (QED) is 0.839. The molecule has 0 spiro atoms. The molecule has 0 saturated heterocycles. The summed E-state index contributed by atoms with van der Waals surface area (Å²) in [5.74, 6) is 0.368. The Morgan fingerprint density at radius 3 is 2.62 bits per heavy atom. The van der Waals surface area contributed by atoms with Crippen molar-refractivity contribution in [2.24, 2.45) is 0 Å². The highest BCUT2D eigenvalue weighted by Crippen LogP contribution is 2.36. The Labute approximate surface area is 85.1 Å². The van der Waals surface area contributed by atoms with Crippen LogP contribution in [0.1, 0.15) is 11.1 Å². The SMILES string of the molecule is COc1cc(Br)c(C)c(CO)c1O. The van der Waals surface area contributed by atoms with E-state index in [4.69, 9.17) is 9.84 Å². The Balaban J connectivity index is 3.39. The molecule has 1 aromatic carbocycles. The fourth-order valence-corrected chi connectivity index (χ4v) is 1.56. The molecular weight excluding hydrogens is 236 g/mol. The van der Waals surface area contributed by atoms with Gasteiger partial charge in [-0.2, -0.15) is 0 Å². The predicted octanol–water partition coefficient (Wildman–Crippen LogP) is 1.96. The van der Waals surface area contributed by atoms with Crippen LogP contribution in [0, 0.1) is 6.92 Å². The second-order valence-electron chi connectivity index (χ2n) is 2.67. The maximum absolute atomic E-state index is 9.59. The van der Waals surface area contributed by atoms with Gasteiger partial charge in [-0.3, -0.25) is 0 Å². The minimum Gasteiger partial charge on any atom is -0.504 e. The fourth-order valence-electron chi connectivity index (χ4n) is 1.11. The lowest BCUT2D eigenvalue weighted by molar-refractivity contribution is 0.271. The summed E-state index contributed by atoms with van der Waals surface area (Å²) >= 11 is 3.31. The van der Waals surface area contributed by atoms with Gasteiger partial charge in [0, 0.05) is 10.0 Å². The number of hydrogen-bond acceptors (Lipinski definition) is 3. The van der Waals surface area contributed by atoms with Crippen molar-refractivity contribution >= 4 is 15.9 Å². The minimum absolute atomic E-state index is 0.00528. The Kier molecular flexibility index (Phi) is 3.17. The molecule has 0 aliphatic carbocycles. The first-order valence-corrected chi connectivity index (χ1v) is 4.57. The number of phenols is 1. The van der Waals surface area contributed by atoms with Crippen molar-refractivity contribution in [3.8, 4) is 11.5 Å². The Hall–Kier alpha value is -0.740. The summed E-state index contributed by atoms with van der Waals surface area (Å²) in [7, 11) is 1.47. The Bertz CT molecular complexity index is 323. The molecule has 0 unspecified atom stereocenters. The molecule has 0 heterocycles. The van der Waals surface area contributed by atoms with Crippen molar-refractivity contribution < 1.29 is 14.9 Å². The molecule has 1 rings (SSSR count). The molecule has 0 aromatic heterocycles. The highest BCUT2D eigenvalue weighted by molar-refractivity contribution is 9.10. The number of rotatable bonds is 2. The van der Waals surface area contributed by atoms with Crippen LogP contribution in [-0.4, -0.2) is 17.3 Å². The molecule has 0 bridgehead atoms. The van der Waals surface area contributed by atoms with E-state index in [1.54, 1.807) is 6.07 Å². The largest absolute Gasteiger partial charge is 0.504 e. The van der Waals surface area contributed by atoms with Crippen molar-refractivity contribution in [1.82, 2.24) is 0 Å². The van der Waals surface area contributed by atoms with E-state index in [1.165, 1.54) is 7.11 Å². The van der Waals surface area contributed by atoms with Crippen LogP contribution < -0.4 is 4.74 Å². The monoisotopic (exact) mass is 246 g/mol. The third kappa shape index (κ3) is 1.78. The lowest BCUT2D eigenvalue weighted by Crippen LogP contribution is -1.94. The normalized spacial score (nSPS) is 10.2.